The van der Waals surface area contributed by atoms with Crippen LogP contribution in [0.25, 0.3) is 0 Å². The van der Waals surface area contributed by atoms with E-state index in [0.717, 1.165) is 11.8 Å². The fourth-order valence-electron chi connectivity index (χ4n) is 6.71. The van der Waals surface area contributed by atoms with E-state index in [-0.39, 0.29) is 37.7 Å². The molecule has 0 saturated heterocycles. The van der Waals surface area contributed by atoms with E-state index in [4.69, 9.17) is 0 Å². The normalized spacial score (nSPS) is 21.7. The van der Waals surface area contributed by atoms with Gasteiger partial charge in [0.05, 0.1) is 0 Å². The monoisotopic (exact) mass is 796 g/mol. The number of fused-ring (bicyclic) bond motifs is 2. The van der Waals surface area contributed by atoms with E-state index < -0.39 is 15.2 Å². The molecule has 2 aromatic carbocycles. The molecule has 2 aromatic rings. The number of aryl methyl sites for hydroxylation is 2. The van der Waals surface area contributed by atoms with E-state index in [2.05, 4.69) is 156 Å². The summed E-state index contributed by atoms with van der Waals surface area (Å²) in [5, 5.41) is 3.57. The topological polar surface area (TPSA) is 0 Å². The van der Waals surface area contributed by atoms with Gasteiger partial charge in [-0.2, -0.15) is 0 Å². The summed E-state index contributed by atoms with van der Waals surface area (Å²) in [4.78, 5) is 0. The molecule has 4 aliphatic carbocycles. The van der Waals surface area contributed by atoms with Crippen LogP contribution in [0, 0.1) is 114 Å². The molecule has 265 valence electrons. The molecule has 0 N–H and O–H groups in total. The molecule has 0 spiro atoms. The maximum atomic E-state index is 9.75. The Morgan fingerprint density at radius 2 is 1.00 bits per heavy atom. The molecule has 4 aliphatic rings. The van der Waals surface area contributed by atoms with Crippen molar-refractivity contribution in [2.45, 2.75) is 84.7 Å². The van der Waals surface area contributed by atoms with Crippen LogP contribution in [0.1, 0.15) is 66.0 Å². The first kappa shape index (κ1) is 44.9. The van der Waals surface area contributed by atoms with E-state index in [1.165, 1.54) is 28.2 Å². The number of hydrogen-bond donors (Lipinski definition) is 0. The Labute approximate surface area is 313 Å². The second-order valence-electron chi connectivity index (χ2n) is 14.5. The molecule has 49 heavy (non-hydrogen) atoms. The summed E-state index contributed by atoms with van der Waals surface area (Å²) in [7, 11) is -6.83. The van der Waals surface area contributed by atoms with Crippen LogP contribution in [-0.4, -0.2) is 23.2 Å². The zero-order valence-electron chi connectivity index (χ0n) is 30.3. The molecule has 0 nitrogen and oxygen atoms in total. The van der Waals surface area contributed by atoms with Crippen molar-refractivity contribution in [3.8, 4) is 0 Å². The molecule has 4 fully saturated rings. The summed E-state index contributed by atoms with van der Waals surface area (Å²) in [6, 6.07) is 18.0. The van der Waals surface area contributed by atoms with Gasteiger partial charge in [0.15, 0.2) is 0 Å². The van der Waals surface area contributed by atoms with Crippen molar-refractivity contribution >= 4 is 33.7 Å². The van der Waals surface area contributed by atoms with Crippen molar-refractivity contribution in [3.63, 3.8) is 0 Å². The standard InChI is InChI=1S/C29H39P2.C7H8.C5H5.BF4.Rh/c1-21-15-10-12-18-25(21)30(26-19-13-11-16-22(26)2)23(3)24-17-14-20-27(24)31(28(4,5)6)29(7,8)9;1-2-7-4-3-6(1)5-7;1-2-4-5-3-1;2-1(3,4)5;/h10-20,23H,1-9H3;1-4,6-7H,5H2;1-5H;;/q;;;-1;+2. The van der Waals surface area contributed by atoms with Crippen molar-refractivity contribution in [3.05, 3.63) is 148 Å². The third-order valence-corrected chi connectivity index (χ3v) is 15.0. The van der Waals surface area contributed by atoms with Crippen LogP contribution in [0.2, 0.25) is 0 Å². The number of benzene rings is 2. The van der Waals surface area contributed by atoms with E-state index in [0.29, 0.717) is 5.66 Å². The average Bonchev–Trinajstić information content (AvgIpc) is 3.81. The van der Waals surface area contributed by atoms with Crippen LogP contribution in [0.3, 0.4) is 0 Å². The third-order valence-electron chi connectivity index (χ3n) is 8.31. The SMILES string of the molecule is Cc1ccccc1P(c1ccccc1C)C(C)[C]1[CH][CH][CH][C]1P(C(C)(C)C)C(C)(C)C.F[B-](F)(F)F.[CH]1[CH]C2[CH][CH]C1C2.[CH]1[CH][CH][CH][CH]1.[Rh+2]. The summed E-state index contributed by atoms with van der Waals surface area (Å²) >= 11 is 0. The van der Waals surface area contributed by atoms with Gasteiger partial charge in [0.25, 0.3) is 0 Å². The van der Waals surface area contributed by atoms with Crippen LogP contribution in [0.4, 0.5) is 17.3 Å². The van der Waals surface area contributed by atoms with Gasteiger partial charge in [-0.15, -0.1) is 0 Å². The van der Waals surface area contributed by atoms with E-state index in [1.54, 1.807) is 11.6 Å². The molecule has 1 unspecified atom stereocenters. The van der Waals surface area contributed by atoms with Gasteiger partial charge in [0.1, 0.15) is 0 Å². The van der Waals surface area contributed by atoms with Gasteiger partial charge in [-0.1, -0.05) is 105 Å². The summed E-state index contributed by atoms with van der Waals surface area (Å²) in [5.41, 5.74) is 4.89. The van der Waals surface area contributed by atoms with Crippen LogP contribution in [0.5, 0.6) is 0 Å². The van der Waals surface area contributed by atoms with Gasteiger partial charge in [-0.05, 0) is 161 Å². The molecule has 1 atom stereocenters. The Kier molecular flexibility index (Phi) is 18.5. The fourth-order valence-corrected chi connectivity index (χ4v) is 14.0. The first-order valence-corrected chi connectivity index (χ1v) is 19.5. The van der Waals surface area contributed by atoms with Crippen molar-refractivity contribution in [2.24, 2.45) is 11.8 Å². The molecular weight excluding hydrogens is 744 g/mol. The van der Waals surface area contributed by atoms with Crippen molar-refractivity contribution in [2.75, 3.05) is 0 Å². The Hall–Kier alpha value is -0.292. The summed E-state index contributed by atoms with van der Waals surface area (Å²) < 4.78 is 39.0. The molecule has 0 aliphatic heterocycles. The zero-order chi connectivity index (χ0) is 35.7. The molecule has 4 saturated carbocycles. The molecule has 6 rings (SSSR count). The Morgan fingerprint density at radius 1 is 0.633 bits per heavy atom. The second-order valence-corrected chi connectivity index (χ2v) is 20.8. The zero-order valence-corrected chi connectivity index (χ0v) is 33.7. The minimum atomic E-state index is -6.00. The summed E-state index contributed by atoms with van der Waals surface area (Å²) in [5.74, 6) is 3.18. The maximum absolute atomic E-state index is 9.75. The van der Waals surface area contributed by atoms with Gasteiger partial charge in [0.2, 0.25) is 0 Å². The first-order valence-electron chi connectivity index (χ1n) is 16.7. The maximum Gasteiger partial charge on any atom is 2.00 e. The Bertz CT molecular complexity index is 1150. The smallest absolute Gasteiger partial charge is 0.418 e. The number of halogens is 4. The van der Waals surface area contributed by atoms with Crippen molar-refractivity contribution < 1.29 is 36.7 Å². The summed E-state index contributed by atoms with van der Waals surface area (Å²) in [6.07, 6.45) is 27.7. The average molecular weight is 797 g/mol. The summed E-state index contributed by atoms with van der Waals surface area (Å²) in [6.45, 7) is 21.6. The van der Waals surface area contributed by atoms with Crippen LogP contribution >= 0.6 is 15.8 Å². The van der Waals surface area contributed by atoms with Gasteiger partial charge in [0, 0.05) is 5.66 Å². The van der Waals surface area contributed by atoms with Crippen LogP contribution in [-0.2, 0) is 19.5 Å². The third kappa shape index (κ3) is 14.6. The molecule has 15 radical (unpaired) electrons. The molecule has 0 aromatic heterocycles. The van der Waals surface area contributed by atoms with Crippen LogP contribution < -0.4 is 10.6 Å². The fraction of sp³-hybridized carbons (Fsp3) is 0.366. The Morgan fingerprint density at radius 3 is 1.31 bits per heavy atom. The van der Waals surface area contributed by atoms with Crippen molar-refractivity contribution in [1.29, 1.82) is 0 Å². The minimum absolute atomic E-state index is 0. The second kappa shape index (κ2) is 20.2. The Balaban J connectivity index is 0.000000371. The predicted octanol–water partition coefficient (Wildman–Crippen LogP) is 11.7. The number of hydrogen-bond acceptors (Lipinski definition) is 0. The first-order chi connectivity index (χ1) is 22.4. The van der Waals surface area contributed by atoms with Gasteiger partial charge < -0.3 is 17.3 Å². The number of rotatable bonds is 5. The van der Waals surface area contributed by atoms with Gasteiger partial charge in [-0.3, -0.25) is 0 Å². The van der Waals surface area contributed by atoms with Gasteiger partial charge >= 0.3 is 26.7 Å². The molecule has 0 heterocycles. The van der Waals surface area contributed by atoms with E-state index in [9.17, 15) is 17.3 Å². The van der Waals surface area contributed by atoms with Crippen LogP contribution in [0.15, 0.2) is 48.5 Å². The molecule has 0 amide bonds. The largest absolute Gasteiger partial charge is 2.00 e. The van der Waals surface area contributed by atoms with E-state index in [1.807, 2.05) is 32.1 Å². The van der Waals surface area contributed by atoms with Crippen molar-refractivity contribution in [1.82, 2.24) is 0 Å². The quantitative estimate of drug-likeness (QED) is 0.161. The molecule has 2 bridgehead atoms. The molecule has 8 heteroatoms. The minimum Gasteiger partial charge on any atom is -0.418 e. The van der Waals surface area contributed by atoms with Gasteiger partial charge in [-0.25, -0.2) is 0 Å². The predicted molar refractivity (Wildman–Crippen MR) is 204 cm³/mol. The van der Waals surface area contributed by atoms with E-state index >= 15 is 0 Å². The molecular formula is C41H52BF4P2Rh+.